The third kappa shape index (κ3) is 6.20. The summed E-state index contributed by atoms with van der Waals surface area (Å²) in [5, 5.41) is 6.11. The minimum Gasteiger partial charge on any atom is -0.492 e. The third-order valence-electron chi connectivity index (χ3n) is 4.02. The van der Waals surface area contributed by atoms with Crippen molar-refractivity contribution in [3.8, 4) is 5.75 Å². The Morgan fingerprint density at radius 1 is 1.38 bits per heavy atom. The molecule has 2 rings (SSSR count). The Balaban J connectivity index is 1.61. The summed E-state index contributed by atoms with van der Waals surface area (Å²) in [5.41, 5.74) is 0. The number of amides is 2. The van der Waals surface area contributed by atoms with Crippen molar-refractivity contribution in [1.82, 2.24) is 15.5 Å². The Hall–Kier alpha value is -2.08. The lowest BCUT2D eigenvalue weighted by atomic mass is 10.0. The van der Waals surface area contributed by atoms with Crippen molar-refractivity contribution in [2.45, 2.75) is 38.6 Å². The van der Waals surface area contributed by atoms with Crippen molar-refractivity contribution in [2.24, 2.45) is 0 Å². The van der Waals surface area contributed by atoms with Gasteiger partial charge in [-0.1, -0.05) is 38.0 Å². The van der Waals surface area contributed by atoms with Crippen LogP contribution in [-0.2, 0) is 9.59 Å². The minimum absolute atomic E-state index is 0.0468. The van der Waals surface area contributed by atoms with Crippen molar-refractivity contribution in [3.05, 3.63) is 30.3 Å². The van der Waals surface area contributed by atoms with E-state index in [2.05, 4.69) is 17.6 Å². The summed E-state index contributed by atoms with van der Waals surface area (Å²) in [4.78, 5) is 25.6. The molecule has 1 aliphatic heterocycles. The van der Waals surface area contributed by atoms with Crippen molar-refractivity contribution >= 4 is 11.8 Å². The maximum atomic E-state index is 12.1. The molecule has 1 aliphatic rings. The van der Waals surface area contributed by atoms with Gasteiger partial charge >= 0.3 is 0 Å². The predicted octanol–water partition coefficient (Wildman–Crippen LogP) is 1.52. The topological polar surface area (TPSA) is 70.7 Å². The number of benzene rings is 1. The molecule has 0 aliphatic carbocycles. The van der Waals surface area contributed by atoms with Gasteiger partial charge in [0, 0.05) is 12.5 Å². The van der Waals surface area contributed by atoms with Crippen LogP contribution < -0.4 is 15.4 Å². The minimum atomic E-state index is -0.159. The molecule has 2 amide bonds. The van der Waals surface area contributed by atoms with E-state index in [-0.39, 0.29) is 24.4 Å². The first-order valence-corrected chi connectivity index (χ1v) is 8.64. The second-order valence-electron chi connectivity index (χ2n) is 6.01. The van der Waals surface area contributed by atoms with Gasteiger partial charge in [0.2, 0.25) is 11.8 Å². The van der Waals surface area contributed by atoms with Gasteiger partial charge in [-0.2, -0.15) is 0 Å². The smallest absolute Gasteiger partial charge is 0.239 e. The number of carbonyl (C=O) groups excluding carboxylic acids is 2. The monoisotopic (exact) mass is 333 g/mol. The van der Waals surface area contributed by atoms with Gasteiger partial charge in [-0.05, 0) is 18.6 Å². The number of nitrogens with one attached hydrogen (secondary N) is 2. The van der Waals surface area contributed by atoms with E-state index in [1.165, 1.54) is 0 Å². The van der Waals surface area contributed by atoms with E-state index < -0.39 is 0 Å². The van der Waals surface area contributed by atoms with Crippen molar-refractivity contribution in [3.63, 3.8) is 0 Å². The number of para-hydroxylation sites is 1. The van der Waals surface area contributed by atoms with Crippen LogP contribution in [0.15, 0.2) is 30.3 Å². The molecule has 0 spiro atoms. The molecule has 2 N–H and O–H groups in total. The van der Waals surface area contributed by atoms with Gasteiger partial charge in [-0.3, -0.25) is 14.9 Å². The van der Waals surface area contributed by atoms with Crippen molar-refractivity contribution in [2.75, 3.05) is 26.4 Å². The largest absolute Gasteiger partial charge is 0.492 e. The zero-order chi connectivity index (χ0) is 17.2. The quantitative estimate of drug-likeness (QED) is 0.672. The summed E-state index contributed by atoms with van der Waals surface area (Å²) in [5.74, 6) is 0.666. The van der Waals surface area contributed by atoms with Crippen LogP contribution in [0.25, 0.3) is 0 Å². The predicted molar refractivity (Wildman–Crippen MR) is 92.6 cm³/mol. The Morgan fingerprint density at radius 3 is 2.88 bits per heavy atom. The highest BCUT2D eigenvalue weighted by Crippen LogP contribution is 2.11. The molecule has 0 saturated carbocycles. The number of rotatable bonds is 9. The summed E-state index contributed by atoms with van der Waals surface area (Å²) < 4.78 is 5.51. The molecule has 0 bridgehead atoms. The van der Waals surface area contributed by atoms with Crippen LogP contribution >= 0.6 is 0 Å². The first-order chi connectivity index (χ1) is 11.7. The molecular weight excluding hydrogens is 306 g/mol. The van der Waals surface area contributed by atoms with Gasteiger partial charge in [-0.15, -0.1) is 0 Å². The van der Waals surface area contributed by atoms with Gasteiger partial charge in [0.05, 0.1) is 13.2 Å². The fraction of sp³-hybridized carbons (Fsp3) is 0.556. The summed E-state index contributed by atoms with van der Waals surface area (Å²) in [6, 6.07) is 9.71. The van der Waals surface area contributed by atoms with E-state index in [1.807, 2.05) is 30.3 Å². The molecule has 1 aromatic carbocycles. The highest BCUT2D eigenvalue weighted by Gasteiger charge is 2.25. The van der Waals surface area contributed by atoms with Gasteiger partial charge in [0.25, 0.3) is 0 Å². The number of nitrogens with zero attached hydrogens (tertiary/aromatic N) is 1. The average molecular weight is 333 g/mol. The lowest BCUT2D eigenvalue weighted by Crippen LogP contribution is -2.53. The average Bonchev–Trinajstić information content (AvgIpc) is 2.60. The van der Waals surface area contributed by atoms with E-state index >= 15 is 0 Å². The highest BCUT2D eigenvalue weighted by atomic mass is 16.5. The van der Waals surface area contributed by atoms with Crippen LogP contribution in [0.5, 0.6) is 5.75 Å². The molecule has 1 saturated heterocycles. The van der Waals surface area contributed by atoms with Gasteiger partial charge in [-0.25, -0.2) is 0 Å². The summed E-state index contributed by atoms with van der Waals surface area (Å²) in [7, 11) is 0. The summed E-state index contributed by atoms with van der Waals surface area (Å²) in [6.07, 6.45) is 3.74. The van der Waals surface area contributed by atoms with Crippen LogP contribution in [0.3, 0.4) is 0 Å². The SMILES string of the molecule is CCCCC1CC(=O)N(CC(=O)NCCOc2ccccc2)CN1. The molecular formula is C18H27N3O3. The molecule has 1 atom stereocenters. The van der Waals surface area contributed by atoms with E-state index in [1.54, 1.807) is 4.90 Å². The van der Waals surface area contributed by atoms with Crippen molar-refractivity contribution in [1.29, 1.82) is 0 Å². The Bertz CT molecular complexity index is 522. The number of unbranched alkanes of at least 4 members (excludes halogenated alkanes) is 1. The van der Waals surface area contributed by atoms with Crippen LogP contribution in [0.4, 0.5) is 0 Å². The van der Waals surface area contributed by atoms with E-state index in [9.17, 15) is 9.59 Å². The fourth-order valence-corrected chi connectivity index (χ4v) is 2.64. The maximum absolute atomic E-state index is 12.1. The van der Waals surface area contributed by atoms with Crippen LogP contribution in [-0.4, -0.2) is 49.1 Å². The summed E-state index contributed by atoms with van der Waals surface area (Å²) >= 11 is 0. The second-order valence-corrected chi connectivity index (χ2v) is 6.01. The molecule has 6 heteroatoms. The van der Waals surface area contributed by atoms with Gasteiger partial charge in [0.1, 0.15) is 18.9 Å². The third-order valence-corrected chi connectivity index (χ3v) is 4.02. The number of ether oxygens (including phenoxy) is 1. The molecule has 24 heavy (non-hydrogen) atoms. The normalized spacial score (nSPS) is 17.6. The van der Waals surface area contributed by atoms with E-state index in [4.69, 9.17) is 4.74 Å². The number of hydrogen-bond donors (Lipinski definition) is 2. The zero-order valence-electron chi connectivity index (χ0n) is 14.3. The summed E-state index contributed by atoms with van der Waals surface area (Å²) in [6.45, 7) is 3.50. The highest BCUT2D eigenvalue weighted by molar-refractivity contribution is 5.85. The molecule has 132 valence electrons. The fourth-order valence-electron chi connectivity index (χ4n) is 2.64. The molecule has 0 aromatic heterocycles. The lowest BCUT2D eigenvalue weighted by Gasteiger charge is -2.32. The number of hydrogen-bond acceptors (Lipinski definition) is 4. The van der Waals surface area contributed by atoms with Crippen LogP contribution in [0.1, 0.15) is 32.6 Å². The second kappa shape index (κ2) is 9.93. The number of carbonyl (C=O) groups is 2. The molecule has 1 fully saturated rings. The molecule has 6 nitrogen and oxygen atoms in total. The lowest BCUT2D eigenvalue weighted by molar-refractivity contribution is -0.139. The van der Waals surface area contributed by atoms with Crippen LogP contribution in [0, 0.1) is 0 Å². The Kier molecular flexibility index (Phi) is 7.55. The zero-order valence-corrected chi connectivity index (χ0v) is 14.3. The maximum Gasteiger partial charge on any atom is 0.239 e. The first kappa shape index (κ1) is 18.3. The van der Waals surface area contributed by atoms with E-state index in [0.717, 1.165) is 25.0 Å². The van der Waals surface area contributed by atoms with Crippen molar-refractivity contribution < 1.29 is 14.3 Å². The Morgan fingerprint density at radius 2 is 2.17 bits per heavy atom. The molecule has 1 unspecified atom stereocenters. The Labute approximate surface area is 143 Å². The van der Waals surface area contributed by atoms with Gasteiger partial charge in [0.15, 0.2) is 0 Å². The van der Waals surface area contributed by atoms with E-state index in [0.29, 0.717) is 26.2 Å². The standard InChI is InChI=1S/C18H27N3O3/c1-2-3-7-15-12-18(23)21(14-20-15)13-17(22)19-10-11-24-16-8-5-4-6-9-16/h4-6,8-9,15,20H,2-3,7,10-14H2,1H3,(H,19,22). The first-order valence-electron chi connectivity index (χ1n) is 8.64. The molecule has 0 radical (unpaired) electrons. The molecule has 1 aromatic rings. The van der Waals surface area contributed by atoms with Gasteiger partial charge < -0.3 is 15.0 Å². The molecule has 1 heterocycles. The van der Waals surface area contributed by atoms with Crippen LogP contribution in [0.2, 0.25) is 0 Å².